The van der Waals surface area contributed by atoms with Crippen LogP contribution in [0.1, 0.15) is 35.3 Å². The number of carbonyl (C=O) groups excluding carboxylic acids is 2. The fourth-order valence-electron chi connectivity index (χ4n) is 3.38. The van der Waals surface area contributed by atoms with E-state index in [0.29, 0.717) is 23.8 Å². The third-order valence-corrected chi connectivity index (χ3v) is 4.51. The molecule has 0 radical (unpaired) electrons. The van der Waals surface area contributed by atoms with Crippen molar-refractivity contribution < 1.29 is 9.59 Å². The van der Waals surface area contributed by atoms with Gasteiger partial charge in [0.2, 0.25) is 5.91 Å². The number of nitrogens with one attached hydrogen (secondary N) is 1. The minimum absolute atomic E-state index is 0.0446. The van der Waals surface area contributed by atoms with Gasteiger partial charge >= 0.3 is 0 Å². The number of carbonyl (C=O) groups is 2. The van der Waals surface area contributed by atoms with Gasteiger partial charge in [-0.15, -0.1) is 0 Å². The van der Waals surface area contributed by atoms with Crippen LogP contribution in [0.15, 0.2) is 48.5 Å². The number of amides is 2. The van der Waals surface area contributed by atoms with Crippen molar-refractivity contribution in [2.24, 2.45) is 0 Å². The highest BCUT2D eigenvalue weighted by atomic mass is 16.2. The van der Waals surface area contributed by atoms with Crippen LogP contribution in [0, 0.1) is 0 Å². The highest BCUT2D eigenvalue weighted by Crippen LogP contribution is 2.36. The molecule has 2 amide bonds. The summed E-state index contributed by atoms with van der Waals surface area (Å²) in [7, 11) is 4.13. The Morgan fingerprint density at radius 2 is 1.88 bits per heavy atom. The Labute approximate surface area is 148 Å². The summed E-state index contributed by atoms with van der Waals surface area (Å²) in [6.45, 7) is 2.12. The van der Waals surface area contributed by atoms with Crippen LogP contribution in [0.2, 0.25) is 0 Å². The lowest BCUT2D eigenvalue weighted by Gasteiger charge is -2.37. The molecule has 0 fully saturated rings. The summed E-state index contributed by atoms with van der Waals surface area (Å²) < 4.78 is 0. The van der Waals surface area contributed by atoms with E-state index in [4.69, 9.17) is 0 Å². The van der Waals surface area contributed by atoms with E-state index >= 15 is 0 Å². The summed E-state index contributed by atoms with van der Waals surface area (Å²) in [4.78, 5) is 28.4. The molecule has 1 heterocycles. The molecular formula is C20H23N3O2. The van der Waals surface area contributed by atoms with Crippen LogP contribution in [0.25, 0.3) is 0 Å². The quantitative estimate of drug-likeness (QED) is 0.935. The molecule has 1 aliphatic rings. The Morgan fingerprint density at radius 1 is 1.12 bits per heavy atom. The second kappa shape index (κ2) is 7.07. The van der Waals surface area contributed by atoms with Crippen molar-refractivity contribution in [2.75, 3.05) is 30.9 Å². The minimum Gasteiger partial charge on any atom is -0.326 e. The molecule has 1 unspecified atom stereocenters. The maximum absolute atomic E-state index is 13.1. The van der Waals surface area contributed by atoms with Crippen LogP contribution in [-0.2, 0) is 4.79 Å². The number of hydrogen-bond donors (Lipinski definition) is 1. The highest BCUT2D eigenvalue weighted by molar-refractivity contribution is 6.07. The van der Waals surface area contributed by atoms with E-state index in [1.54, 1.807) is 24.3 Å². The number of nitrogens with zero attached hydrogens (tertiary/aromatic N) is 2. The molecule has 130 valence electrons. The van der Waals surface area contributed by atoms with E-state index in [1.165, 1.54) is 12.5 Å². The van der Waals surface area contributed by atoms with Crippen molar-refractivity contribution in [1.82, 2.24) is 4.90 Å². The molecule has 2 aromatic rings. The Bertz CT molecular complexity index is 801. The maximum Gasteiger partial charge on any atom is 0.258 e. The molecule has 0 bridgehead atoms. The lowest BCUT2D eigenvalue weighted by atomic mass is 9.95. The molecule has 3 rings (SSSR count). The Hall–Kier alpha value is -2.66. The molecule has 0 aliphatic carbocycles. The normalized spacial score (nSPS) is 16.5. The minimum atomic E-state index is -0.151. The zero-order valence-electron chi connectivity index (χ0n) is 14.8. The SMILES string of the molecule is CC(=O)Nc1cccc(C(=O)N2CCC(N(C)C)c3ccccc32)c1. The predicted molar refractivity (Wildman–Crippen MR) is 99.9 cm³/mol. The molecule has 0 aromatic heterocycles. The first-order valence-electron chi connectivity index (χ1n) is 8.42. The molecular weight excluding hydrogens is 314 g/mol. The number of anilines is 2. The summed E-state index contributed by atoms with van der Waals surface area (Å²) >= 11 is 0. The van der Waals surface area contributed by atoms with E-state index in [9.17, 15) is 9.59 Å². The number of fused-ring (bicyclic) bond motifs is 1. The number of para-hydroxylation sites is 1. The summed E-state index contributed by atoms with van der Waals surface area (Å²) in [5.41, 5.74) is 3.34. The van der Waals surface area contributed by atoms with Gasteiger partial charge in [0, 0.05) is 36.4 Å². The molecule has 2 aromatic carbocycles. The molecule has 25 heavy (non-hydrogen) atoms. The standard InChI is InChI=1S/C20H23N3O2/c1-14(24)21-16-8-6-7-15(13-16)20(25)23-12-11-18(22(2)3)17-9-4-5-10-19(17)23/h4-10,13,18H,11-12H2,1-3H3,(H,21,24). The summed E-state index contributed by atoms with van der Waals surface area (Å²) in [5, 5.41) is 2.73. The first-order chi connectivity index (χ1) is 12.0. The smallest absolute Gasteiger partial charge is 0.258 e. The molecule has 5 heteroatoms. The average Bonchev–Trinajstić information content (AvgIpc) is 2.59. The summed E-state index contributed by atoms with van der Waals surface area (Å²) in [6.07, 6.45) is 0.890. The van der Waals surface area contributed by atoms with Gasteiger partial charge in [-0.25, -0.2) is 0 Å². The number of rotatable bonds is 3. The van der Waals surface area contributed by atoms with E-state index in [-0.39, 0.29) is 11.8 Å². The van der Waals surface area contributed by atoms with Crippen molar-refractivity contribution >= 4 is 23.2 Å². The molecule has 5 nitrogen and oxygen atoms in total. The molecule has 1 atom stereocenters. The maximum atomic E-state index is 13.1. The molecule has 0 saturated carbocycles. The Morgan fingerprint density at radius 3 is 2.60 bits per heavy atom. The largest absolute Gasteiger partial charge is 0.326 e. The van der Waals surface area contributed by atoms with Gasteiger partial charge in [-0.2, -0.15) is 0 Å². The third kappa shape index (κ3) is 3.56. The molecule has 1 N–H and O–H groups in total. The fourth-order valence-corrected chi connectivity index (χ4v) is 3.38. The van der Waals surface area contributed by atoms with Gasteiger partial charge in [0.1, 0.15) is 0 Å². The molecule has 0 spiro atoms. The highest BCUT2D eigenvalue weighted by Gasteiger charge is 2.30. The predicted octanol–water partition coefficient (Wildman–Crippen LogP) is 3.30. The van der Waals surface area contributed by atoms with Crippen molar-refractivity contribution in [3.63, 3.8) is 0 Å². The van der Waals surface area contributed by atoms with Crippen LogP contribution < -0.4 is 10.2 Å². The summed E-state index contributed by atoms with van der Waals surface area (Å²) in [5.74, 6) is -0.196. The van der Waals surface area contributed by atoms with Crippen LogP contribution >= 0.6 is 0 Å². The van der Waals surface area contributed by atoms with Crippen molar-refractivity contribution in [3.8, 4) is 0 Å². The van der Waals surface area contributed by atoms with Crippen LogP contribution in [0.5, 0.6) is 0 Å². The molecule has 0 saturated heterocycles. The number of benzene rings is 2. The van der Waals surface area contributed by atoms with Crippen molar-refractivity contribution in [3.05, 3.63) is 59.7 Å². The second-order valence-electron chi connectivity index (χ2n) is 6.55. The topological polar surface area (TPSA) is 52.7 Å². The van der Waals surface area contributed by atoms with Gasteiger partial charge in [-0.05, 0) is 50.3 Å². The van der Waals surface area contributed by atoms with Crippen LogP contribution in [-0.4, -0.2) is 37.4 Å². The zero-order chi connectivity index (χ0) is 18.0. The van der Waals surface area contributed by atoms with E-state index in [0.717, 1.165) is 12.1 Å². The first-order valence-corrected chi connectivity index (χ1v) is 8.42. The zero-order valence-corrected chi connectivity index (χ0v) is 14.8. The monoisotopic (exact) mass is 337 g/mol. The van der Waals surface area contributed by atoms with Gasteiger partial charge in [0.05, 0.1) is 0 Å². The van der Waals surface area contributed by atoms with Gasteiger partial charge in [-0.3, -0.25) is 9.59 Å². The van der Waals surface area contributed by atoms with E-state index in [2.05, 4.69) is 30.4 Å². The van der Waals surface area contributed by atoms with Crippen molar-refractivity contribution in [1.29, 1.82) is 0 Å². The van der Waals surface area contributed by atoms with Gasteiger partial charge in [-0.1, -0.05) is 24.3 Å². The summed E-state index contributed by atoms with van der Waals surface area (Å²) in [6, 6.07) is 15.5. The van der Waals surface area contributed by atoms with Crippen molar-refractivity contribution in [2.45, 2.75) is 19.4 Å². The van der Waals surface area contributed by atoms with Crippen LogP contribution in [0.4, 0.5) is 11.4 Å². The average molecular weight is 337 g/mol. The van der Waals surface area contributed by atoms with Gasteiger partial charge < -0.3 is 15.1 Å². The fraction of sp³-hybridized carbons (Fsp3) is 0.300. The lowest BCUT2D eigenvalue weighted by Crippen LogP contribution is -2.39. The van der Waals surface area contributed by atoms with Gasteiger partial charge in [0.25, 0.3) is 5.91 Å². The first kappa shape index (κ1) is 17.2. The van der Waals surface area contributed by atoms with Gasteiger partial charge in [0.15, 0.2) is 0 Å². The third-order valence-electron chi connectivity index (χ3n) is 4.51. The Balaban J connectivity index is 1.93. The van der Waals surface area contributed by atoms with Crippen LogP contribution in [0.3, 0.4) is 0 Å². The lowest BCUT2D eigenvalue weighted by molar-refractivity contribution is -0.114. The Kier molecular flexibility index (Phi) is 4.86. The number of hydrogen-bond acceptors (Lipinski definition) is 3. The molecule has 1 aliphatic heterocycles. The van der Waals surface area contributed by atoms with E-state index < -0.39 is 0 Å². The van der Waals surface area contributed by atoms with E-state index in [1.807, 2.05) is 23.1 Å². The second-order valence-corrected chi connectivity index (χ2v) is 6.55.